The molecule has 1 saturated carbocycles. The second kappa shape index (κ2) is 7.37. The maximum Gasteiger partial charge on any atom is 0.159 e. The molecule has 0 saturated heterocycles. The predicted molar refractivity (Wildman–Crippen MR) is 78.6 cm³/mol. The molecule has 1 aromatic rings. The standard InChI is InChI=1S/C16H21BrF2/c17-14(9-12-5-3-1-2-4-6-12)10-13-7-8-15(18)16(19)11-13/h7-8,11-12,14H,1-6,9-10H2. The summed E-state index contributed by atoms with van der Waals surface area (Å²) in [5.41, 5.74) is 0.870. The van der Waals surface area contributed by atoms with Gasteiger partial charge in [-0.1, -0.05) is 60.5 Å². The van der Waals surface area contributed by atoms with Gasteiger partial charge < -0.3 is 0 Å². The monoisotopic (exact) mass is 330 g/mol. The van der Waals surface area contributed by atoms with Crippen LogP contribution in [0.1, 0.15) is 50.5 Å². The predicted octanol–water partition coefficient (Wildman–Crippen LogP) is 5.63. The van der Waals surface area contributed by atoms with Crippen LogP contribution in [0.15, 0.2) is 18.2 Å². The molecule has 0 N–H and O–H groups in total. The maximum absolute atomic E-state index is 13.2. The molecule has 1 unspecified atom stereocenters. The fourth-order valence-electron chi connectivity index (χ4n) is 2.97. The Hall–Kier alpha value is -0.440. The molecule has 0 radical (unpaired) electrons. The maximum atomic E-state index is 13.2. The summed E-state index contributed by atoms with van der Waals surface area (Å²) in [7, 11) is 0. The second-order valence-corrected chi connectivity index (χ2v) is 6.94. The Bertz CT molecular complexity index is 398. The summed E-state index contributed by atoms with van der Waals surface area (Å²) in [5, 5.41) is 0. The van der Waals surface area contributed by atoms with Crippen molar-refractivity contribution in [3.8, 4) is 0 Å². The summed E-state index contributed by atoms with van der Waals surface area (Å²) < 4.78 is 26.0. The molecule has 1 aliphatic carbocycles. The minimum Gasteiger partial charge on any atom is -0.204 e. The van der Waals surface area contributed by atoms with Gasteiger partial charge in [0.15, 0.2) is 11.6 Å². The average Bonchev–Trinajstić information content (AvgIpc) is 2.62. The smallest absolute Gasteiger partial charge is 0.159 e. The van der Waals surface area contributed by atoms with Gasteiger partial charge in [0.1, 0.15) is 0 Å². The molecular formula is C16H21BrF2. The first-order chi connectivity index (χ1) is 9.15. The van der Waals surface area contributed by atoms with Gasteiger partial charge in [-0.15, -0.1) is 0 Å². The van der Waals surface area contributed by atoms with Crippen LogP contribution >= 0.6 is 15.9 Å². The summed E-state index contributed by atoms with van der Waals surface area (Å²) >= 11 is 3.70. The van der Waals surface area contributed by atoms with Crippen LogP contribution in [0, 0.1) is 17.6 Å². The van der Waals surface area contributed by atoms with Crippen molar-refractivity contribution in [3.05, 3.63) is 35.4 Å². The molecule has 0 nitrogen and oxygen atoms in total. The zero-order valence-electron chi connectivity index (χ0n) is 11.2. The molecule has 1 aliphatic rings. The molecular weight excluding hydrogens is 310 g/mol. The molecule has 0 spiro atoms. The molecule has 1 fully saturated rings. The van der Waals surface area contributed by atoms with Crippen LogP contribution in [-0.4, -0.2) is 4.83 Å². The zero-order valence-corrected chi connectivity index (χ0v) is 12.8. The lowest BCUT2D eigenvalue weighted by atomic mass is 9.93. The highest BCUT2D eigenvalue weighted by Gasteiger charge is 2.17. The molecule has 0 amide bonds. The van der Waals surface area contributed by atoms with E-state index in [9.17, 15) is 8.78 Å². The third-order valence-electron chi connectivity index (χ3n) is 4.01. The molecule has 0 aliphatic heterocycles. The summed E-state index contributed by atoms with van der Waals surface area (Å²) in [4.78, 5) is 0.362. The fourth-order valence-corrected chi connectivity index (χ4v) is 3.87. The van der Waals surface area contributed by atoms with E-state index in [1.165, 1.54) is 50.7 Å². The second-order valence-electron chi connectivity index (χ2n) is 5.64. The SMILES string of the molecule is Fc1ccc(CC(Br)CC2CCCCCC2)cc1F. The van der Waals surface area contributed by atoms with Gasteiger partial charge in [-0.25, -0.2) is 8.78 Å². The van der Waals surface area contributed by atoms with E-state index in [4.69, 9.17) is 0 Å². The van der Waals surface area contributed by atoms with Crippen LogP contribution in [0.2, 0.25) is 0 Å². The van der Waals surface area contributed by atoms with Gasteiger partial charge in [0.2, 0.25) is 0 Å². The molecule has 1 atom stereocenters. The fraction of sp³-hybridized carbons (Fsp3) is 0.625. The Kier molecular flexibility index (Phi) is 5.80. The number of alkyl halides is 1. The largest absolute Gasteiger partial charge is 0.204 e. The molecule has 106 valence electrons. The molecule has 0 heterocycles. The van der Waals surface area contributed by atoms with E-state index < -0.39 is 11.6 Å². The van der Waals surface area contributed by atoms with Crippen molar-refractivity contribution in [3.63, 3.8) is 0 Å². The minimum absolute atomic E-state index is 0.362. The van der Waals surface area contributed by atoms with Crippen molar-refractivity contribution in [2.24, 2.45) is 5.92 Å². The van der Waals surface area contributed by atoms with Gasteiger partial charge in [0, 0.05) is 4.83 Å². The quantitative estimate of drug-likeness (QED) is 0.495. The first-order valence-electron chi connectivity index (χ1n) is 7.23. The third kappa shape index (κ3) is 4.87. The Labute approximate surface area is 122 Å². The van der Waals surface area contributed by atoms with Crippen LogP contribution in [-0.2, 0) is 6.42 Å². The number of hydrogen-bond acceptors (Lipinski definition) is 0. The molecule has 0 bridgehead atoms. The van der Waals surface area contributed by atoms with Crippen LogP contribution in [0.5, 0.6) is 0 Å². The highest BCUT2D eigenvalue weighted by Crippen LogP contribution is 2.29. The van der Waals surface area contributed by atoms with E-state index in [2.05, 4.69) is 15.9 Å². The number of hydrogen-bond donors (Lipinski definition) is 0. The van der Waals surface area contributed by atoms with E-state index in [0.29, 0.717) is 4.83 Å². The van der Waals surface area contributed by atoms with Crippen molar-refractivity contribution in [1.82, 2.24) is 0 Å². The van der Waals surface area contributed by atoms with Gasteiger partial charge >= 0.3 is 0 Å². The Balaban J connectivity index is 1.85. The minimum atomic E-state index is -0.765. The van der Waals surface area contributed by atoms with Crippen LogP contribution in [0.25, 0.3) is 0 Å². The summed E-state index contributed by atoms with van der Waals surface area (Å²) in [6, 6.07) is 4.21. The topological polar surface area (TPSA) is 0 Å². The number of rotatable bonds is 4. The third-order valence-corrected chi connectivity index (χ3v) is 4.70. The average molecular weight is 331 g/mol. The highest BCUT2D eigenvalue weighted by atomic mass is 79.9. The van der Waals surface area contributed by atoms with Crippen LogP contribution < -0.4 is 0 Å². The van der Waals surface area contributed by atoms with Crippen molar-refractivity contribution >= 4 is 15.9 Å². The van der Waals surface area contributed by atoms with Crippen molar-refractivity contribution < 1.29 is 8.78 Å². The lowest BCUT2D eigenvalue weighted by molar-refractivity contribution is 0.423. The van der Waals surface area contributed by atoms with Gasteiger partial charge in [0.05, 0.1) is 0 Å². The first-order valence-corrected chi connectivity index (χ1v) is 8.14. The Morgan fingerprint density at radius 2 is 1.74 bits per heavy atom. The van der Waals surface area contributed by atoms with E-state index in [0.717, 1.165) is 24.3 Å². The molecule has 2 rings (SSSR count). The Morgan fingerprint density at radius 3 is 2.37 bits per heavy atom. The van der Waals surface area contributed by atoms with Crippen LogP contribution in [0.3, 0.4) is 0 Å². The van der Waals surface area contributed by atoms with E-state index in [1.54, 1.807) is 6.07 Å². The molecule has 0 aromatic heterocycles. The van der Waals surface area contributed by atoms with Crippen molar-refractivity contribution in [2.45, 2.75) is 56.2 Å². The lowest BCUT2D eigenvalue weighted by Crippen LogP contribution is -2.11. The number of benzene rings is 1. The van der Waals surface area contributed by atoms with Crippen LogP contribution in [0.4, 0.5) is 8.78 Å². The van der Waals surface area contributed by atoms with Gasteiger partial charge in [0.25, 0.3) is 0 Å². The van der Waals surface area contributed by atoms with Gasteiger partial charge in [-0.2, -0.15) is 0 Å². The lowest BCUT2D eigenvalue weighted by Gasteiger charge is -2.18. The van der Waals surface area contributed by atoms with Crippen molar-refractivity contribution in [2.75, 3.05) is 0 Å². The van der Waals surface area contributed by atoms with E-state index in [-0.39, 0.29) is 0 Å². The zero-order chi connectivity index (χ0) is 13.7. The molecule has 3 heteroatoms. The summed E-state index contributed by atoms with van der Waals surface area (Å²) in [5.74, 6) is -0.720. The molecule has 1 aromatic carbocycles. The van der Waals surface area contributed by atoms with E-state index >= 15 is 0 Å². The first kappa shape index (κ1) is 15.0. The van der Waals surface area contributed by atoms with Gasteiger partial charge in [-0.3, -0.25) is 0 Å². The van der Waals surface area contributed by atoms with Crippen molar-refractivity contribution in [1.29, 1.82) is 0 Å². The highest BCUT2D eigenvalue weighted by molar-refractivity contribution is 9.09. The Morgan fingerprint density at radius 1 is 1.05 bits per heavy atom. The normalized spacial score (nSPS) is 19.1. The van der Waals surface area contributed by atoms with Gasteiger partial charge in [-0.05, 0) is 36.5 Å². The number of halogens is 3. The summed E-state index contributed by atoms with van der Waals surface area (Å²) in [6.07, 6.45) is 9.97. The summed E-state index contributed by atoms with van der Waals surface area (Å²) in [6.45, 7) is 0. The van der Waals surface area contributed by atoms with E-state index in [1.807, 2.05) is 0 Å². The molecule has 19 heavy (non-hydrogen) atoms.